The van der Waals surface area contributed by atoms with Gasteiger partial charge in [-0.1, -0.05) is 0 Å². The Morgan fingerprint density at radius 3 is 2.47 bits per heavy atom. The Hall–Kier alpha value is -1.52. The van der Waals surface area contributed by atoms with Crippen molar-refractivity contribution in [2.24, 2.45) is 0 Å². The second kappa shape index (κ2) is 5.23. The van der Waals surface area contributed by atoms with Gasteiger partial charge in [0.2, 0.25) is 0 Å². The Bertz CT molecular complexity index is 566. The molecule has 106 valence electrons. The van der Waals surface area contributed by atoms with Crippen LogP contribution in [0.25, 0.3) is 0 Å². The molecule has 1 aliphatic heterocycles. The highest BCUT2D eigenvalue weighted by Crippen LogP contribution is 2.27. The number of aliphatic hydroxyl groups is 4. The predicted molar refractivity (Wildman–Crippen MR) is 60.3 cm³/mol. The molecule has 0 saturated carbocycles. The second-order valence-electron chi connectivity index (χ2n) is 4.21. The van der Waals surface area contributed by atoms with Crippen LogP contribution in [-0.4, -0.2) is 54.9 Å². The third-order valence-electron chi connectivity index (χ3n) is 3.00. The molecule has 0 bridgehead atoms. The monoisotopic (exact) mass is 274 g/mol. The zero-order valence-electron chi connectivity index (χ0n) is 9.76. The number of aliphatic hydroxyl groups excluding tert-OH is 4. The fourth-order valence-corrected chi connectivity index (χ4v) is 1.94. The topological polar surface area (TPSA) is 145 Å². The second-order valence-corrected chi connectivity index (χ2v) is 4.21. The Morgan fingerprint density at radius 2 is 1.95 bits per heavy atom. The maximum atomic E-state index is 11.6. The minimum Gasteiger partial charge on any atom is -0.394 e. The summed E-state index contributed by atoms with van der Waals surface area (Å²) in [7, 11) is 0. The van der Waals surface area contributed by atoms with Crippen LogP contribution >= 0.6 is 0 Å². The van der Waals surface area contributed by atoms with Crippen LogP contribution in [0.1, 0.15) is 11.8 Å². The van der Waals surface area contributed by atoms with Gasteiger partial charge in [-0.05, 0) is 0 Å². The maximum Gasteiger partial charge on any atom is 0.330 e. The van der Waals surface area contributed by atoms with E-state index >= 15 is 0 Å². The summed E-state index contributed by atoms with van der Waals surface area (Å²) >= 11 is 0. The van der Waals surface area contributed by atoms with Crippen molar-refractivity contribution in [3.63, 3.8) is 0 Å². The number of aromatic nitrogens is 2. The quantitative estimate of drug-likeness (QED) is 0.387. The summed E-state index contributed by atoms with van der Waals surface area (Å²) in [6.07, 6.45) is -4.03. The predicted octanol–water partition coefficient (Wildman–Crippen LogP) is -3.36. The SMILES string of the molecule is O=c1[nH]c(=O)n(C2OC(CO)C(O)C2O)cc1CO. The highest BCUT2D eigenvalue weighted by atomic mass is 16.6. The number of ether oxygens (including phenoxy) is 1. The van der Waals surface area contributed by atoms with Gasteiger partial charge in [0.1, 0.15) is 18.3 Å². The number of aromatic amines is 1. The third kappa shape index (κ3) is 2.33. The number of nitrogens with zero attached hydrogens (tertiary/aromatic N) is 1. The zero-order valence-corrected chi connectivity index (χ0v) is 9.76. The van der Waals surface area contributed by atoms with Crippen molar-refractivity contribution < 1.29 is 25.2 Å². The van der Waals surface area contributed by atoms with Gasteiger partial charge in [-0.15, -0.1) is 0 Å². The van der Waals surface area contributed by atoms with Gasteiger partial charge >= 0.3 is 5.69 Å². The minimum absolute atomic E-state index is 0.0858. The first-order chi connectivity index (χ1) is 8.99. The van der Waals surface area contributed by atoms with Crippen molar-refractivity contribution in [1.82, 2.24) is 9.55 Å². The lowest BCUT2D eigenvalue weighted by atomic mass is 10.1. The van der Waals surface area contributed by atoms with Crippen LogP contribution in [-0.2, 0) is 11.3 Å². The summed E-state index contributed by atoms with van der Waals surface area (Å²) in [5.41, 5.74) is -1.68. The molecule has 9 nitrogen and oxygen atoms in total. The van der Waals surface area contributed by atoms with Crippen molar-refractivity contribution in [1.29, 1.82) is 0 Å². The molecule has 9 heteroatoms. The molecule has 4 atom stereocenters. The van der Waals surface area contributed by atoms with E-state index in [1.165, 1.54) is 0 Å². The molecule has 5 N–H and O–H groups in total. The zero-order chi connectivity index (χ0) is 14.2. The molecule has 0 radical (unpaired) electrons. The van der Waals surface area contributed by atoms with E-state index in [-0.39, 0.29) is 5.56 Å². The van der Waals surface area contributed by atoms with Crippen LogP contribution in [0.3, 0.4) is 0 Å². The Kier molecular flexibility index (Phi) is 3.83. The number of hydrogen-bond acceptors (Lipinski definition) is 7. The van der Waals surface area contributed by atoms with Gasteiger partial charge in [-0.25, -0.2) is 4.79 Å². The summed E-state index contributed by atoms with van der Waals surface area (Å²) in [5, 5.41) is 37.3. The number of H-pyrrole nitrogens is 1. The van der Waals surface area contributed by atoms with Crippen LogP contribution in [0, 0.1) is 0 Å². The molecule has 1 fully saturated rings. The van der Waals surface area contributed by atoms with E-state index in [9.17, 15) is 19.8 Å². The normalized spacial score (nSPS) is 30.7. The van der Waals surface area contributed by atoms with Gasteiger partial charge in [0.15, 0.2) is 6.23 Å². The standard InChI is InChI=1S/C10H14N2O7/c13-2-4-1-12(10(18)11-8(4)17)9-7(16)6(15)5(3-14)19-9/h1,5-7,9,13-16H,2-3H2,(H,11,17,18). The first-order valence-corrected chi connectivity index (χ1v) is 5.57. The molecule has 0 amide bonds. The molecular weight excluding hydrogens is 260 g/mol. The first kappa shape index (κ1) is 13.9. The highest BCUT2D eigenvalue weighted by molar-refractivity contribution is 5.04. The van der Waals surface area contributed by atoms with E-state index in [1.807, 2.05) is 4.98 Å². The Labute approximate surface area is 106 Å². The molecule has 0 aromatic carbocycles. The van der Waals surface area contributed by atoms with E-state index < -0.39 is 49.0 Å². The molecule has 2 rings (SSSR count). The summed E-state index contributed by atoms with van der Waals surface area (Å²) in [6, 6.07) is 0. The lowest BCUT2D eigenvalue weighted by Crippen LogP contribution is -2.38. The van der Waals surface area contributed by atoms with Crippen LogP contribution in [0.15, 0.2) is 15.8 Å². The molecule has 19 heavy (non-hydrogen) atoms. The molecule has 1 aromatic heterocycles. The van der Waals surface area contributed by atoms with E-state index in [2.05, 4.69) is 0 Å². The van der Waals surface area contributed by atoms with E-state index in [4.69, 9.17) is 14.9 Å². The van der Waals surface area contributed by atoms with Gasteiger partial charge in [-0.2, -0.15) is 0 Å². The van der Waals surface area contributed by atoms with Crippen molar-refractivity contribution in [3.05, 3.63) is 32.6 Å². The smallest absolute Gasteiger partial charge is 0.330 e. The van der Waals surface area contributed by atoms with Crippen molar-refractivity contribution in [3.8, 4) is 0 Å². The molecule has 0 aliphatic carbocycles. The van der Waals surface area contributed by atoms with Gasteiger partial charge in [0.25, 0.3) is 5.56 Å². The summed E-state index contributed by atoms with van der Waals surface area (Å²) in [4.78, 5) is 24.9. The third-order valence-corrected chi connectivity index (χ3v) is 3.00. The summed E-state index contributed by atoms with van der Waals surface area (Å²) in [5.74, 6) is 0. The minimum atomic E-state index is -1.44. The molecule has 1 saturated heterocycles. The van der Waals surface area contributed by atoms with E-state index in [0.29, 0.717) is 0 Å². The summed E-state index contributed by atoms with van der Waals surface area (Å²) in [6.45, 7) is -1.12. The molecule has 1 aliphatic rings. The molecule has 2 heterocycles. The molecular formula is C10H14N2O7. The van der Waals surface area contributed by atoms with Gasteiger partial charge in [-0.3, -0.25) is 14.3 Å². The Morgan fingerprint density at radius 1 is 1.26 bits per heavy atom. The van der Waals surface area contributed by atoms with Crippen molar-refractivity contribution in [2.45, 2.75) is 31.1 Å². The van der Waals surface area contributed by atoms with Gasteiger partial charge < -0.3 is 25.2 Å². The maximum absolute atomic E-state index is 11.6. The fraction of sp³-hybridized carbons (Fsp3) is 0.600. The molecule has 4 unspecified atom stereocenters. The van der Waals surface area contributed by atoms with Crippen molar-refractivity contribution in [2.75, 3.05) is 6.61 Å². The van der Waals surface area contributed by atoms with E-state index in [0.717, 1.165) is 10.8 Å². The fourth-order valence-electron chi connectivity index (χ4n) is 1.94. The number of hydrogen-bond donors (Lipinski definition) is 5. The van der Waals surface area contributed by atoms with Crippen LogP contribution in [0.5, 0.6) is 0 Å². The lowest BCUT2D eigenvalue weighted by Gasteiger charge is -2.17. The summed E-state index contributed by atoms with van der Waals surface area (Å²) < 4.78 is 6.01. The highest BCUT2D eigenvalue weighted by Gasteiger charge is 2.43. The number of nitrogens with one attached hydrogen (secondary N) is 1. The lowest BCUT2D eigenvalue weighted by molar-refractivity contribution is -0.0552. The van der Waals surface area contributed by atoms with Crippen LogP contribution in [0.2, 0.25) is 0 Å². The Balaban J connectivity index is 2.43. The van der Waals surface area contributed by atoms with Crippen molar-refractivity contribution >= 4 is 0 Å². The van der Waals surface area contributed by atoms with Gasteiger partial charge in [0, 0.05) is 6.20 Å². The van der Waals surface area contributed by atoms with Crippen LogP contribution < -0.4 is 11.2 Å². The molecule has 0 spiro atoms. The first-order valence-electron chi connectivity index (χ1n) is 5.57. The average Bonchev–Trinajstić information content (AvgIpc) is 2.67. The van der Waals surface area contributed by atoms with Crippen LogP contribution in [0.4, 0.5) is 0 Å². The molecule has 1 aromatic rings. The van der Waals surface area contributed by atoms with E-state index in [1.54, 1.807) is 0 Å². The largest absolute Gasteiger partial charge is 0.394 e. The number of rotatable bonds is 3. The van der Waals surface area contributed by atoms with Gasteiger partial charge in [0.05, 0.1) is 18.8 Å². The average molecular weight is 274 g/mol.